The Balaban J connectivity index is 1.86. The van der Waals surface area contributed by atoms with Gasteiger partial charge in [-0.3, -0.25) is 9.36 Å². The van der Waals surface area contributed by atoms with Gasteiger partial charge in [-0.2, -0.15) is 0 Å². The lowest BCUT2D eigenvalue weighted by atomic mass is 10.2. The molecule has 0 aliphatic rings. The fraction of sp³-hybridized carbons (Fsp3) is 0.391. The van der Waals surface area contributed by atoms with E-state index in [0.717, 1.165) is 18.8 Å². The van der Waals surface area contributed by atoms with Gasteiger partial charge in [0.15, 0.2) is 11.5 Å². The van der Waals surface area contributed by atoms with E-state index in [1.807, 2.05) is 32.0 Å². The number of rotatable bonds is 10. The molecule has 0 bridgehead atoms. The van der Waals surface area contributed by atoms with Crippen molar-refractivity contribution in [1.29, 1.82) is 0 Å². The number of nitrogens with one attached hydrogen (secondary N) is 1. The molecule has 0 spiro atoms. The first kappa shape index (κ1) is 21.5. The largest absolute Gasteiger partial charge is 0.490 e. The topological polar surface area (TPSA) is 76.6 Å². The van der Waals surface area contributed by atoms with Crippen molar-refractivity contribution in [1.82, 2.24) is 9.55 Å². The molecule has 3 rings (SSSR count). The zero-order valence-electron chi connectivity index (χ0n) is 17.8. The number of hydrogen-bond acceptors (Lipinski definition) is 5. The van der Waals surface area contributed by atoms with Crippen molar-refractivity contribution >= 4 is 16.6 Å². The molecule has 0 amide bonds. The van der Waals surface area contributed by atoms with E-state index in [-0.39, 0.29) is 5.56 Å². The number of benzene rings is 2. The van der Waals surface area contributed by atoms with Crippen LogP contribution in [0.2, 0.25) is 0 Å². The third-order valence-electron chi connectivity index (χ3n) is 4.96. The molecule has 0 saturated heterocycles. The molecule has 0 atom stereocenters. The summed E-state index contributed by atoms with van der Waals surface area (Å²) in [4.78, 5) is 30.6. The van der Waals surface area contributed by atoms with Gasteiger partial charge in [0.1, 0.15) is 0 Å². The van der Waals surface area contributed by atoms with E-state index >= 15 is 0 Å². The Morgan fingerprint density at radius 1 is 0.967 bits per heavy atom. The molecule has 0 fully saturated rings. The van der Waals surface area contributed by atoms with Crippen LogP contribution in [-0.2, 0) is 6.54 Å². The minimum atomic E-state index is -0.415. The molecule has 0 aliphatic carbocycles. The van der Waals surface area contributed by atoms with Crippen LogP contribution in [0.3, 0.4) is 0 Å². The number of aromatic amines is 1. The molecule has 160 valence electrons. The van der Waals surface area contributed by atoms with Crippen molar-refractivity contribution in [3.05, 3.63) is 63.3 Å². The molecule has 0 radical (unpaired) electrons. The fourth-order valence-electron chi connectivity index (χ4n) is 3.53. The Bertz CT molecular complexity index is 1090. The quantitative estimate of drug-likeness (QED) is 0.553. The van der Waals surface area contributed by atoms with Gasteiger partial charge in [-0.15, -0.1) is 0 Å². The van der Waals surface area contributed by atoms with Crippen molar-refractivity contribution in [2.45, 2.75) is 33.7 Å². The summed E-state index contributed by atoms with van der Waals surface area (Å²) in [5.41, 5.74) is 0.847. The molecule has 7 heteroatoms. The smallest absolute Gasteiger partial charge is 0.328 e. The Hall–Kier alpha value is -3.22. The van der Waals surface area contributed by atoms with Crippen molar-refractivity contribution < 1.29 is 9.47 Å². The monoisotopic (exact) mass is 411 g/mol. The highest BCUT2D eigenvalue weighted by atomic mass is 16.5. The molecular formula is C23H29N3O4. The van der Waals surface area contributed by atoms with Crippen LogP contribution < -0.4 is 25.6 Å². The number of ether oxygens (including phenoxy) is 2. The predicted molar refractivity (Wildman–Crippen MR) is 120 cm³/mol. The third-order valence-corrected chi connectivity index (χ3v) is 4.96. The van der Waals surface area contributed by atoms with Crippen LogP contribution in [0.5, 0.6) is 11.5 Å². The minimum absolute atomic E-state index is 0.319. The Morgan fingerprint density at radius 2 is 1.63 bits per heavy atom. The van der Waals surface area contributed by atoms with E-state index in [1.54, 1.807) is 12.1 Å². The SMILES string of the molecule is CCOc1cc2[nH]c(=O)n(CCCN(CC)c3ccccc3)c(=O)c2cc1OCC. The summed E-state index contributed by atoms with van der Waals surface area (Å²) in [6.07, 6.45) is 0.673. The highest BCUT2D eigenvalue weighted by molar-refractivity contribution is 5.81. The standard InChI is InChI=1S/C23H29N3O4/c1-4-25(17-11-8-7-9-12-17)13-10-14-26-22(27)18-15-20(29-5-2)21(30-6-3)16-19(18)24-23(26)28/h7-9,11-12,15-16H,4-6,10,13-14H2,1-3H3,(H,24,28). The molecule has 1 aromatic heterocycles. The van der Waals surface area contributed by atoms with Crippen LogP contribution in [0.4, 0.5) is 5.69 Å². The number of para-hydroxylation sites is 1. The molecule has 0 saturated carbocycles. The average Bonchev–Trinajstić information content (AvgIpc) is 2.75. The van der Waals surface area contributed by atoms with E-state index in [9.17, 15) is 9.59 Å². The maximum atomic E-state index is 13.0. The summed E-state index contributed by atoms with van der Waals surface area (Å²) in [6, 6.07) is 13.4. The normalized spacial score (nSPS) is 10.9. The maximum Gasteiger partial charge on any atom is 0.328 e. The first-order valence-corrected chi connectivity index (χ1v) is 10.5. The molecule has 0 aliphatic heterocycles. The van der Waals surface area contributed by atoms with Gasteiger partial charge < -0.3 is 19.4 Å². The van der Waals surface area contributed by atoms with Gasteiger partial charge >= 0.3 is 5.69 Å². The molecule has 1 heterocycles. The fourth-order valence-corrected chi connectivity index (χ4v) is 3.53. The first-order chi connectivity index (χ1) is 14.6. The van der Waals surface area contributed by atoms with E-state index in [1.165, 1.54) is 4.57 Å². The lowest BCUT2D eigenvalue weighted by Crippen LogP contribution is -2.36. The highest BCUT2D eigenvalue weighted by Crippen LogP contribution is 2.30. The van der Waals surface area contributed by atoms with Crippen LogP contribution in [0.25, 0.3) is 10.9 Å². The second kappa shape index (κ2) is 10.0. The van der Waals surface area contributed by atoms with Crippen molar-refractivity contribution in [3.63, 3.8) is 0 Å². The second-order valence-electron chi connectivity index (χ2n) is 6.87. The molecular weight excluding hydrogens is 382 g/mol. The van der Waals surface area contributed by atoms with Crippen molar-refractivity contribution in [2.75, 3.05) is 31.2 Å². The zero-order valence-corrected chi connectivity index (χ0v) is 17.8. The first-order valence-electron chi connectivity index (χ1n) is 10.5. The lowest BCUT2D eigenvalue weighted by Gasteiger charge is -2.23. The van der Waals surface area contributed by atoms with Gasteiger partial charge in [0.25, 0.3) is 5.56 Å². The van der Waals surface area contributed by atoms with Gasteiger partial charge in [0.05, 0.1) is 24.1 Å². The van der Waals surface area contributed by atoms with Gasteiger partial charge in [-0.05, 0) is 45.4 Å². The zero-order chi connectivity index (χ0) is 21.5. The number of anilines is 1. The van der Waals surface area contributed by atoms with Crippen LogP contribution in [-0.4, -0.2) is 35.9 Å². The van der Waals surface area contributed by atoms with E-state index in [0.29, 0.717) is 48.6 Å². The Morgan fingerprint density at radius 3 is 2.27 bits per heavy atom. The molecule has 3 aromatic rings. The molecule has 30 heavy (non-hydrogen) atoms. The Labute approximate surface area is 175 Å². The predicted octanol–water partition coefficient (Wildman–Crippen LogP) is 3.40. The van der Waals surface area contributed by atoms with Crippen LogP contribution in [0.15, 0.2) is 52.1 Å². The second-order valence-corrected chi connectivity index (χ2v) is 6.87. The number of hydrogen-bond donors (Lipinski definition) is 1. The van der Waals surface area contributed by atoms with Crippen LogP contribution in [0, 0.1) is 0 Å². The van der Waals surface area contributed by atoms with Crippen LogP contribution >= 0.6 is 0 Å². The number of aromatic nitrogens is 2. The van der Waals surface area contributed by atoms with E-state index < -0.39 is 5.69 Å². The summed E-state index contributed by atoms with van der Waals surface area (Å²) in [6.45, 7) is 8.69. The maximum absolute atomic E-state index is 13.0. The van der Waals surface area contributed by atoms with Crippen molar-refractivity contribution in [2.24, 2.45) is 0 Å². The van der Waals surface area contributed by atoms with Crippen LogP contribution in [0.1, 0.15) is 27.2 Å². The number of H-pyrrole nitrogens is 1. The van der Waals surface area contributed by atoms with Gasteiger partial charge in [0.2, 0.25) is 0 Å². The lowest BCUT2D eigenvalue weighted by molar-refractivity contribution is 0.288. The van der Waals surface area contributed by atoms with E-state index in [2.05, 4.69) is 28.9 Å². The number of fused-ring (bicyclic) bond motifs is 1. The average molecular weight is 412 g/mol. The summed E-state index contributed by atoms with van der Waals surface area (Å²) in [5, 5.41) is 0.414. The molecule has 2 aromatic carbocycles. The minimum Gasteiger partial charge on any atom is -0.490 e. The molecule has 0 unspecified atom stereocenters. The summed E-state index contributed by atoms with van der Waals surface area (Å²) < 4.78 is 12.5. The molecule has 1 N–H and O–H groups in total. The van der Waals surface area contributed by atoms with Gasteiger partial charge in [-0.1, -0.05) is 18.2 Å². The highest BCUT2D eigenvalue weighted by Gasteiger charge is 2.14. The van der Waals surface area contributed by atoms with Gasteiger partial charge in [-0.25, -0.2) is 4.79 Å². The summed E-state index contributed by atoms with van der Waals surface area (Å²) in [7, 11) is 0. The number of nitrogens with zero attached hydrogens (tertiary/aromatic N) is 2. The van der Waals surface area contributed by atoms with Gasteiger partial charge in [0, 0.05) is 31.4 Å². The molecule has 7 nitrogen and oxygen atoms in total. The summed E-state index contributed by atoms with van der Waals surface area (Å²) >= 11 is 0. The third kappa shape index (κ3) is 4.67. The van der Waals surface area contributed by atoms with Crippen molar-refractivity contribution in [3.8, 4) is 11.5 Å². The Kier molecular flexibility index (Phi) is 7.17. The van der Waals surface area contributed by atoms with E-state index in [4.69, 9.17) is 9.47 Å². The summed E-state index contributed by atoms with van der Waals surface area (Å²) in [5.74, 6) is 1.02.